The number of sulfonamides is 1. The lowest BCUT2D eigenvalue weighted by atomic mass is 10.1. The Hall–Kier alpha value is -0.693. The Labute approximate surface area is 135 Å². The molecule has 2 rings (SSSR count). The maximum atomic E-state index is 11.7. The lowest BCUT2D eigenvalue weighted by molar-refractivity contribution is 0.158. The van der Waals surface area contributed by atoms with E-state index in [2.05, 4.69) is 44.7 Å². The summed E-state index contributed by atoms with van der Waals surface area (Å²) in [6.45, 7) is 11.0. The molecule has 0 heterocycles. The molecule has 0 fully saturated rings. The zero-order valence-electron chi connectivity index (χ0n) is 14.3. The van der Waals surface area contributed by atoms with Crippen molar-refractivity contribution in [3.8, 4) is 0 Å². The van der Waals surface area contributed by atoms with Crippen molar-refractivity contribution in [2.75, 3.05) is 6.26 Å². The van der Waals surface area contributed by atoms with E-state index in [-0.39, 0.29) is 17.2 Å². The summed E-state index contributed by atoms with van der Waals surface area (Å²) >= 11 is 0. The van der Waals surface area contributed by atoms with Crippen LogP contribution in [0, 0.1) is 0 Å². The molecule has 4 nitrogen and oxygen atoms in total. The van der Waals surface area contributed by atoms with Crippen LogP contribution in [0.15, 0.2) is 24.3 Å². The Morgan fingerprint density at radius 1 is 1.23 bits per heavy atom. The normalized spacial score (nSPS) is 22.6. The molecule has 22 heavy (non-hydrogen) atoms. The maximum absolute atomic E-state index is 11.7. The van der Waals surface area contributed by atoms with E-state index in [1.165, 1.54) is 11.8 Å². The molecule has 0 saturated carbocycles. The number of hydrogen-bond donors (Lipinski definition) is 1. The van der Waals surface area contributed by atoms with Crippen molar-refractivity contribution in [2.45, 2.75) is 57.5 Å². The first kappa shape index (κ1) is 17.7. The molecular weight excluding hydrogens is 314 g/mol. The van der Waals surface area contributed by atoms with Crippen LogP contribution in [0.4, 0.5) is 0 Å². The fraction of sp³-hybridized carbons (Fsp3) is 0.625. The van der Waals surface area contributed by atoms with Gasteiger partial charge in [0.05, 0.1) is 18.4 Å². The van der Waals surface area contributed by atoms with E-state index in [0.717, 1.165) is 12.0 Å². The Morgan fingerprint density at radius 3 is 2.36 bits per heavy atom. The first-order valence-corrected chi connectivity index (χ1v) is 12.4. The molecule has 0 spiro atoms. The summed E-state index contributed by atoms with van der Waals surface area (Å²) in [5.74, 6) is 0. The van der Waals surface area contributed by atoms with E-state index in [1.807, 2.05) is 18.2 Å². The fourth-order valence-corrected chi connectivity index (χ4v) is 4.66. The monoisotopic (exact) mass is 341 g/mol. The van der Waals surface area contributed by atoms with Crippen LogP contribution in [-0.4, -0.2) is 29.1 Å². The van der Waals surface area contributed by atoms with Crippen molar-refractivity contribution in [3.63, 3.8) is 0 Å². The van der Waals surface area contributed by atoms with Gasteiger partial charge in [0.1, 0.15) is 0 Å². The lowest BCUT2D eigenvalue weighted by Gasteiger charge is -2.39. The average molecular weight is 342 g/mol. The zero-order chi connectivity index (χ0) is 16.8. The van der Waals surface area contributed by atoms with Gasteiger partial charge >= 0.3 is 0 Å². The summed E-state index contributed by atoms with van der Waals surface area (Å²) in [5, 5.41) is 0.0947. The van der Waals surface area contributed by atoms with Gasteiger partial charge in [-0.15, -0.1) is 0 Å². The molecule has 1 aromatic rings. The topological polar surface area (TPSA) is 55.4 Å². The standard InChI is InChI=1S/C16H27NO3SSi/c1-16(2,3)22(5,6)20-14-11-12-9-7-8-10-13(12)15(14)17-21(4,18)19/h7-10,14-15,17H,11H2,1-6H3. The molecule has 1 aromatic carbocycles. The molecule has 124 valence electrons. The SMILES string of the molecule is CC(C)(C)[Si](C)(C)OC1Cc2ccccc2C1NS(C)(=O)=O. The van der Waals surface area contributed by atoms with Gasteiger partial charge < -0.3 is 4.43 Å². The number of hydrogen-bond acceptors (Lipinski definition) is 3. The Morgan fingerprint density at radius 2 is 1.82 bits per heavy atom. The largest absolute Gasteiger partial charge is 0.412 e. The van der Waals surface area contributed by atoms with E-state index >= 15 is 0 Å². The highest BCUT2D eigenvalue weighted by molar-refractivity contribution is 7.88. The van der Waals surface area contributed by atoms with Crippen LogP contribution in [0.1, 0.15) is 37.9 Å². The van der Waals surface area contributed by atoms with Crippen molar-refractivity contribution in [1.29, 1.82) is 0 Å². The molecule has 0 saturated heterocycles. The van der Waals surface area contributed by atoms with Crippen molar-refractivity contribution < 1.29 is 12.8 Å². The Balaban J connectivity index is 2.32. The van der Waals surface area contributed by atoms with Gasteiger partial charge in [-0.25, -0.2) is 13.1 Å². The van der Waals surface area contributed by atoms with E-state index in [0.29, 0.717) is 0 Å². The Kier molecular flexibility index (Phi) is 4.61. The van der Waals surface area contributed by atoms with Crippen molar-refractivity contribution in [2.24, 2.45) is 0 Å². The summed E-state index contributed by atoms with van der Waals surface area (Å²) in [6.07, 6.45) is 1.83. The van der Waals surface area contributed by atoms with Gasteiger partial charge in [-0.2, -0.15) is 0 Å². The van der Waals surface area contributed by atoms with Gasteiger partial charge in [0.15, 0.2) is 8.32 Å². The molecule has 2 atom stereocenters. The van der Waals surface area contributed by atoms with Crippen LogP contribution in [0.25, 0.3) is 0 Å². The molecule has 0 radical (unpaired) electrons. The number of nitrogens with one attached hydrogen (secondary N) is 1. The first-order valence-electron chi connectivity index (χ1n) is 7.64. The van der Waals surface area contributed by atoms with Crippen molar-refractivity contribution in [3.05, 3.63) is 35.4 Å². The third kappa shape index (κ3) is 3.79. The third-order valence-corrected chi connectivity index (χ3v) is 9.96. The van der Waals surface area contributed by atoms with E-state index in [1.54, 1.807) is 0 Å². The quantitative estimate of drug-likeness (QED) is 0.856. The summed E-state index contributed by atoms with van der Waals surface area (Å²) < 4.78 is 32.8. The van der Waals surface area contributed by atoms with Crippen LogP contribution >= 0.6 is 0 Å². The van der Waals surface area contributed by atoms with Gasteiger partial charge in [0, 0.05) is 0 Å². The number of benzene rings is 1. The highest BCUT2D eigenvalue weighted by Crippen LogP contribution is 2.42. The minimum Gasteiger partial charge on any atom is -0.412 e. The maximum Gasteiger partial charge on any atom is 0.209 e. The lowest BCUT2D eigenvalue weighted by Crippen LogP contribution is -2.47. The fourth-order valence-electron chi connectivity index (χ4n) is 2.59. The van der Waals surface area contributed by atoms with Gasteiger partial charge in [0.25, 0.3) is 0 Å². The smallest absolute Gasteiger partial charge is 0.209 e. The second-order valence-corrected chi connectivity index (χ2v) is 14.2. The molecular formula is C16H27NO3SSi. The van der Waals surface area contributed by atoms with Gasteiger partial charge in [-0.05, 0) is 35.7 Å². The molecule has 0 amide bonds. The van der Waals surface area contributed by atoms with Crippen LogP contribution in [-0.2, 0) is 20.9 Å². The minimum atomic E-state index is -3.29. The molecule has 1 aliphatic carbocycles. The molecule has 0 bridgehead atoms. The average Bonchev–Trinajstić information content (AvgIpc) is 2.63. The number of rotatable bonds is 4. The van der Waals surface area contributed by atoms with Gasteiger partial charge in [-0.3, -0.25) is 0 Å². The van der Waals surface area contributed by atoms with Crippen LogP contribution < -0.4 is 4.72 Å². The van der Waals surface area contributed by atoms with Crippen LogP contribution in [0.3, 0.4) is 0 Å². The Bertz CT molecular complexity index is 650. The third-order valence-electron chi connectivity index (χ3n) is 4.78. The molecule has 1 aliphatic rings. The first-order chi connectivity index (χ1) is 9.91. The van der Waals surface area contributed by atoms with Gasteiger partial charge in [-0.1, -0.05) is 45.0 Å². The van der Waals surface area contributed by atoms with E-state index in [4.69, 9.17) is 4.43 Å². The predicted molar refractivity (Wildman–Crippen MR) is 92.9 cm³/mol. The molecule has 1 N–H and O–H groups in total. The second kappa shape index (κ2) is 5.74. The molecule has 6 heteroatoms. The molecule has 0 aliphatic heterocycles. The van der Waals surface area contributed by atoms with Crippen LogP contribution in [0.2, 0.25) is 18.1 Å². The zero-order valence-corrected chi connectivity index (χ0v) is 16.1. The number of fused-ring (bicyclic) bond motifs is 1. The second-order valence-electron chi connectivity index (χ2n) is 7.69. The van der Waals surface area contributed by atoms with Crippen molar-refractivity contribution in [1.82, 2.24) is 4.72 Å². The van der Waals surface area contributed by atoms with Crippen LogP contribution in [0.5, 0.6) is 0 Å². The van der Waals surface area contributed by atoms with Crippen molar-refractivity contribution >= 4 is 18.3 Å². The summed E-state index contributed by atoms with van der Waals surface area (Å²) in [7, 11) is -5.25. The highest BCUT2D eigenvalue weighted by Gasteiger charge is 2.43. The molecule has 2 unspecified atom stereocenters. The van der Waals surface area contributed by atoms with Gasteiger partial charge in [0.2, 0.25) is 10.0 Å². The summed E-state index contributed by atoms with van der Waals surface area (Å²) in [6, 6.07) is 7.70. The minimum absolute atomic E-state index is 0.0947. The summed E-state index contributed by atoms with van der Waals surface area (Å²) in [4.78, 5) is 0. The van der Waals surface area contributed by atoms with E-state index in [9.17, 15) is 8.42 Å². The predicted octanol–water partition coefficient (Wildman–Crippen LogP) is 3.22. The highest BCUT2D eigenvalue weighted by atomic mass is 32.2. The molecule has 0 aromatic heterocycles. The van der Waals surface area contributed by atoms with E-state index < -0.39 is 18.3 Å². The summed E-state index contributed by atoms with van der Waals surface area (Å²) in [5.41, 5.74) is 2.21.